The Balaban J connectivity index is 2.49. The van der Waals surface area contributed by atoms with Crippen LogP contribution in [0.2, 0.25) is 0 Å². The number of rotatable bonds is 3. The maximum absolute atomic E-state index is 11.8. The quantitative estimate of drug-likeness (QED) is 0.900. The number of anilines is 1. The van der Waals surface area contributed by atoms with E-state index in [-0.39, 0.29) is 17.2 Å². The number of hydrogen-bond acceptors (Lipinski definition) is 3. The molecule has 0 fully saturated rings. The normalized spacial score (nSPS) is 10.2. The van der Waals surface area contributed by atoms with Gasteiger partial charge in [-0.1, -0.05) is 12.1 Å². The number of amides is 1. The average Bonchev–Trinajstić information content (AvgIpc) is 2.41. The highest BCUT2D eigenvalue weighted by molar-refractivity contribution is 5.89. The Morgan fingerprint density at radius 2 is 1.90 bits per heavy atom. The van der Waals surface area contributed by atoms with Crippen LogP contribution < -0.4 is 15.6 Å². The molecular formula is C15H16N2O3. The van der Waals surface area contributed by atoms with Gasteiger partial charge < -0.3 is 15.0 Å². The maximum atomic E-state index is 11.8. The summed E-state index contributed by atoms with van der Waals surface area (Å²) >= 11 is 0. The first-order valence-corrected chi connectivity index (χ1v) is 6.17. The Hall–Kier alpha value is -2.56. The molecule has 5 heteroatoms. The van der Waals surface area contributed by atoms with Crippen molar-refractivity contribution >= 4 is 11.6 Å². The second-order valence-corrected chi connectivity index (χ2v) is 4.46. The minimum Gasteiger partial charge on any atom is -0.497 e. The van der Waals surface area contributed by atoms with Crippen molar-refractivity contribution in [1.82, 2.24) is 4.98 Å². The number of nitrogens with one attached hydrogen (secondary N) is 2. The van der Waals surface area contributed by atoms with E-state index >= 15 is 0 Å². The monoisotopic (exact) mass is 272 g/mol. The van der Waals surface area contributed by atoms with Gasteiger partial charge in [0, 0.05) is 18.2 Å². The van der Waals surface area contributed by atoms with Crippen molar-refractivity contribution in [1.29, 1.82) is 0 Å². The summed E-state index contributed by atoms with van der Waals surface area (Å²) < 4.78 is 5.12. The number of pyridine rings is 1. The summed E-state index contributed by atoms with van der Waals surface area (Å²) in [5.41, 5.74) is 2.47. The third-order valence-corrected chi connectivity index (χ3v) is 2.95. The molecule has 2 aromatic rings. The fraction of sp³-hybridized carbons (Fsp3) is 0.200. The highest BCUT2D eigenvalue weighted by Gasteiger charge is 2.09. The molecule has 0 atom stereocenters. The van der Waals surface area contributed by atoms with Crippen molar-refractivity contribution in [2.75, 3.05) is 12.4 Å². The van der Waals surface area contributed by atoms with Gasteiger partial charge in [-0.15, -0.1) is 0 Å². The van der Waals surface area contributed by atoms with Crippen LogP contribution in [0.15, 0.2) is 35.1 Å². The van der Waals surface area contributed by atoms with Crippen molar-refractivity contribution in [3.63, 3.8) is 0 Å². The van der Waals surface area contributed by atoms with Gasteiger partial charge in [-0.3, -0.25) is 9.59 Å². The molecule has 20 heavy (non-hydrogen) atoms. The van der Waals surface area contributed by atoms with Gasteiger partial charge in [-0.05, 0) is 30.7 Å². The van der Waals surface area contributed by atoms with Gasteiger partial charge in [0.25, 0.3) is 5.56 Å². The summed E-state index contributed by atoms with van der Waals surface area (Å²) in [7, 11) is 1.61. The van der Waals surface area contributed by atoms with Crippen LogP contribution in [0.4, 0.5) is 5.69 Å². The standard InChI is InChI=1S/C15H16N2O3/c1-9-13(11-4-6-12(20-3)7-5-11)8-14(15(19)16-9)17-10(2)18/h4-8H,1-3H3,(H,16,19)(H,17,18). The number of ether oxygens (including phenoxy) is 1. The molecule has 2 N–H and O–H groups in total. The average molecular weight is 272 g/mol. The molecule has 5 nitrogen and oxygen atoms in total. The zero-order valence-electron chi connectivity index (χ0n) is 11.6. The Labute approximate surface area is 116 Å². The Bertz CT molecular complexity index is 687. The van der Waals surface area contributed by atoms with Gasteiger partial charge in [-0.25, -0.2) is 0 Å². The molecule has 1 aromatic carbocycles. The molecule has 0 aliphatic carbocycles. The van der Waals surface area contributed by atoms with Crippen LogP contribution in [-0.4, -0.2) is 18.0 Å². The second-order valence-electron chi connectivity index (χ2n) is 4.46. The van der Waals surface area contributed by atoms with Crippen LogP contribution >= 0.6 is 0 Å². The fourth-order valence-electron chi connectivity index (χ4n) is 1.98. The van der Waals surface area contributed by atoms with E-state index in [0.717, 1.165) is 22.6 Å². The summed E-state index contributed by atoms with van der Waals surface area (Å²) in [4.78, 5) is 25.6. The minimum atomic E-state index is -0.310. The van der Waals surface area contributed by atoms with Crippen LogP contribution in [0.5, 0.6) is 5.75 Å². The van der Waals surface area contributed by atoms with E-state index in [1.807, 2.05) is 31.2 Å². The number of benzene rings is 1. The van der Waals surface area contributed by atoms with Crippen molar-refractivity contribution in [2.24, 2.45) is 0 Å². The lowest BCUT2D eigenvalue weighted by Crippen LogP contribution is -2.18. The number of carbonyl (C=O) groups is 1. The SMILES string of the molecule is COc1ccc(-c2cc(NC(C)=O)c(=O)[nH]c2C)cc1. The molecule has 1 heterocycles. The van der Waals surface area contributed by atoms with Gasteiger partial charge in [-0.2, -0.15) is 0 Å². The molecule has 1 aromatic heterocycles. The van der Waals surface area contributed by atoms with Gasteiger partial charge in [0.1, 0.15) is 11.4 Å². The molecule has 0 saturated heterocycles. The predicted octanol–water partition coefficient (Wildman–Crippen LogP) is 2.32. The molecule has 104 valence electrons. The Morgan fingerprint density at radius 3 is 2.45 bits per heavy atom. The van der Waals surface area contributed by atoms with E-state index in [9.17, 15) is 9.59 Å². The van der Waals surface area contributed by atoms with Crippen molar-refractivity contribution < 1.29 is 9.53 Å². The molecule has 0 aliphatic heterocycles. The molecule has 1 amide bonds. The van der Waals surface area contributed by atoms with Crippen LogP contribution in [0, 0.1) is 6.92 Å². The number of aryl methyl sites for hydroxylation is 1. The molecule has 2 rings (SSSR count). The minimum absolute atomic E-state index is 0.244. The third kappa shape index (κ3) is 2.88. The van der Waals surface area contributed by atoms with Gasteiger partial charge in [0.2, 0.25) is 5.91 Å². The molecule has 0 spiro atoms. The third-order valence-electron chi connectivity index (χ3n) is 2.95. The van der Waals surface area contributed by atoms with E-state index in [0.29, 0.717) is 0 Å². The Morgan fingerprint density at radius 1 is 1.25 bits per heavy atom. The first kappa shape index (κ1) is 13.9. The number of aromatic amines is 1. The lowest BCUT2D eigenvalue weighted by molar-refractivity contribution is -0.114. The maximum Gasteiger partial charge on any atom is 0.271 e. The van der Waals surface area contributed by atoms with Gasteiger partial charge in [0.05, 0.1) is 7.11 Å². The van der Waals surface area contributed by atoms with Gasteiger partial charge >= 0.3 is 0 Å². The highest BCUT2D eigenvalue weighted by atomic mass is 16.5. The molecule has 0 radical (unpaired) electrons. The van der Waals surface area contributed by atoms with E-state index in [1.54, 1.807) is 13.2 Å². The molecule has 0 saturated carbocycles. The summed E-state index contributed by atoms with van der Waals surface area (Å²) in [5.74, 6) is 0.484. The molecule has 0 bridgehead atoms. The zero-order valence-corrected chi connectivity index (χ0v) is 11.6. The van der Waals surface area contributed by atoms with Crippen LogP contribution in [0.25, 0.3) is 11.1 Å². The summed E-state index contributed by atoms with van der Waals surface area (Å²) in [6.07, 6.45) is 0. The van der Waals surface area contributed by atoms with Crippen molar-refractivity contribution in [3.8, 4) is 16.9 Å². The highest BCUT2D eigenvalue weighted by Crippen LogP contribution is 2.25. The number of H-pyrrole nitrogens is 1. The van der Waals surface area contributed by atoms with E-state index in [2.05, 4.69) is 10.3 Å². The summed E-state index contributed by atoms with van der Waals surface area (Å²) in [6.45, 7) is 3.19. The van der Waals surface area contributed by atoms with Crippen molar-refractivity contribution in [3.05, 3.63) is 46.4 Å². The van der Waals surface area contributed by atoms with Crippen LogP contribution in [-0.2, 0) is 4.79 Å². The lowest BCUT2D eigenvalue weighted by Gasteiger charge is -2.09. The summed E-state index contributed by atoms with van der Waals surface area (Å²) in [5, 5.41) is 2.53. The smallest absolute Gasteiger partial charge is 0.271 e. The Kier molecular flexibility index (Phi) is 3.89. The van der Waals surface area contributed by atoms with Gasteiger partial charge in [0.15, 0.2) is 0 Å². The second kappa shape index (κ2) is 5.61. The van der Waals surface area contributed by atoms with Crippen molar-refractivity contribution in [2.45, 2.75) is 13.8 Å². The topological polar surface area (TPSA) is 71.2 Å². The molecular weight excluding hydrogens is 256 g/mol. The number of methoxy groups -OCH3 is 1. The number of hydrogen-bond donors (Lipinski definition) is 2. The van der Waals surface area contributed by atoms with Crippen LogP contribution in [0.1, 0.15) is 12.6 Å². The zero-order chi connectivity index (χ0) is 14.7. The number of aromatic nitrogens is 1. The van der Waals surface area contributed by atoms with E-state index in [1.165, 1.54) is 6.92 Å². The molecule has 0 aliphatic rings. The number of carbonyl (C=O) groups excluding carboxylic acids is 1. The fourth-order valence-corrected chi connectivity index (χ4v) is 1.98. The van der Waals surface area contributed by atoms with E-state index in [4.69, 9.17) is 4.74 Å². The lowest BCUT2D eigenvalue weighted by atomic mass is 10.0. The largest absolute Gasteiger partial charge is 0.497 e. The predicted molar refractivity (Wildman–Crippen MR) is 78.1 cm³/mol. The van der Waals surface area contributed by atoms with E-state index < -0.39 is 0 Å². The molecule has 0 unspecified atom stereocenters. The first-order valence-electron chi connectivity index (χ1n) is 6.17. The first-order chi connectivity index (χ1) is 9.51. The van der Waals surface area contributed by atoms with Crippen LogP contribution in [0.3, 0.4) is 0 Å². The summed E-state index contributed by atoms with van der Waals surface area (Å²) in [6, 6.07) is 9.17.